The molecule has 5 nitrogen and oxygen atoms in total. The summed E-state index contributed by atoms with van der Waals surface area (Å²) in [5.74, 6) is -0.784. The van der Waals surface area contributed by atoms with Gasteiger partial charge in [-0.25, -0.2) is 4.79 Å². The summed E-state index contributed by atoms with van der Waals surface area (Å²) >= 11 is 0.780. The highest BCUT2D eigenvalue weighted by Crippen LogP contribution is 2.15. The highest BCUT2D eigenvalue weighted by Gasteiger charge is 2.10. The first kappa shape index (κ1) is 10.5. The number of benzene rings is 1. The lowest BCUT2D eigenvalue weighted by atomic mass is 10.3. The zero-order chi connectivity index (χ0) is 11.4. The molecule has 0 aliphatic carbocycles. The molecule has 2 aromatic rings. The number of hydrogen-bond donors (Lipinski definition) is 2. The largest absolute Gasteiger partial charge is 0.324 e. The van der Waals surface area contributed by atoms with Crippen molar-refractivity contribution in [3.63, 3.8) is 0 Å². The van der Waals surface area contributed by atoms with E-state index in [1.807, 2.05) is 6.07 Å². The Labute approximate surface area is 94.5 Å². The van der Waals surface area contributed by atoms with E-state index in [4.69, 9.17) is 0 Å². The minimum atomic E-state index is -0.784. The minimum Gasteiger partial charge on any atom is -0.308 e. The fourth-order valence-electron chi connectivity index (χ4n) is 1.04. The van der Waals surface area contributed by atoms with Crippen LogP contribution in [-0.4, -0.2) is 15.6 Å². The van der Waals surface area contributed by atoms with Gasteiger partial charge in [-0.15, -0.1) is 5.10 Å². The number of urea groups is 1. The number of halogens is 1. The van der Waals surface area contributed by atoms with Gasteiger partial charge in [0.1, 0.15) is 0 Å². The molecule has 82 valence electrons. The highest BCUT2D eigenvalue weighted by atomic mass is 32.1. The van der Waals surface area contributed by atoms with Crippen molar-refractivity contribution in [3.8, 4) is 0 Å². The summed E-state index contributed by atoms with van der Waals surface area (Å²) in [5, 5.41) is 7.98. The molecule has 16 heavy (non-hydrogen) atoms. The number of carbonyl (C=O) groups is 1. The Kier molecular flexibility index (Phi) is 3.06. The van der Waals surface area contributed by atoms with E-state index in [1.54, 1.807) is 24.3 Å². The van der Waals surface area contributed by atoms with Crippen molar-refractivity contribution in [2.24, 2.45) is 0 Å². The van der Waals surface area contributed by atoms with Crippen LogP contribution in [0.5, 0.6) is 0 Å². The average molecular weight is 238 g/mol. The van der Waals surface area contributed by atoms with Crippen LogP contribution in [0.25, 0.3) is 0 Å². The fourth-order valence-corrected chi connectivity index (χ4v) is 1.49. The Morgan fingerprint density at radius 3 is 2.62 bits per heavy atom. The molecule has 0 bridgehead atoms. The molecule has 7 heteroatoms. The van der Waals surface area contributed by atoms with E-state index in [-0.39, 0.29) is 5.00 Å². The van der Waals surface area contributed by atoms with Crippen LogP contribution in [0, 0.1) is 5.95 Å². The van der Waals surface area contributed by atoms with Crippen LogP contribution in [0.3, 0.4) is 0 Å². The molecule has 0 radical (unpaired) electrons. The van der Waals surface area contributed by atoms with Gasteiger partial charge < -0.3 is 5.32 Å². The first-order chi connectivity index (χ1) is 7.75. The summed E-state index contributed by atoms with van der Waals surface area (Å²) in [5.41, 5.74) is 0.623. The molecule has 0 unspecified atom stereocenters. The van der Waals surface area contributed by atoms with Crippen molar-refractivity contribution in [3.05, 3.63) is 36.3 Å². The lowest BCUT2D eigenvalue weighted by Gasteiger charge is -2.04. The lowest BCUT2D eigenvalue weighted by molar-refractivity contribution is 0.262. The molecule has 1 aromatic carbocycles. The number of aromatic nitrogens is 2. The maximum absolute atomic E-state index is 12.8. The zero-order valence-electron chi connectivity index (χ0n) is 7.98. The maximum Gasteiger partial charge on any atom is 0.324 e. The standard InChI is InChI=1S/C9H7FN4OS/c10-7-8(16-14-13-7)12-9(15)11-6-4-2-1-3-5-6/h1-5H,(H2,11,12,15). The molecule has 0 atom stereocenters. The number of rotatable bonds is 2. The summed E-state index contributed by atoms with van der Waals surface area (Å²) in [6.07, 6.45) is 0. The molecule has 0 fully saturated rings. The Morgan fingerprint density at radius 1 is 1.25 bits per heavy atom. The molecule has 1 heterocycles. The highest BCUT2D eigenvalue weighted by molar-refractivity contribution is 7.10. The van der Waals surface area contributed by atoms with Crippen LogP contribution in [0.2, 0.25) is 0 Å². The molecule has 1 aromatic heterocycles. The average Bonchev–Trinajstić information content (AvgIpc) is 2.66. The Balaban J connectivity index is 1.98. The summed E-state index contributed by atoms with van der Waals surface area (Å²) < 4.78 is 16.2. The predicted octanol–water partition coefficient (Wildman–Crippen LogP) is 2.32. The van der Waals surface area contributed by atoms with E-state index >= 15 is 0 Å². The van der Waals surface area contributed by atoms with E-state index in [0.717, 1.165) is 11.5 Å². The summed E-state index contributed by atoms with van der Waals surface area (Å²) in [6.45, 7) is 0. The van der Waals surface area contributed by atoms with Gasteiger partial charge in [0.2, 0.25) is 0 Å². The second-order valence-electron chi connectivity index (χ2n) is 2.84. The first-order valence-corrected chi connectivity index (χ1v) is 5.14. The van der Waals surface area contributed by atoms with Crippen LogP contribution in [0.1, 0.15) is 0 Å². The van der Waals surface area contributed by atoms with E-state index in [9.17, 15) is 9.18 Å². The van der Waals surface area contributed by atoms with Crippen molar-refractivity contribution in [1.29, 1.82) is 0 Å². The summed E-state index contributed by atoms with van der Waals surface area (Å²) in [4.78, 5) is 11.4. The molecule has 2 rings (SSSR count). The van der Waals surface area contributed by atoms with Crippen LogP contribution in [-0.2, 0) is 0 Å². The van der Waals surface area contributed by atoms with Crippen molar-refractivity contribution in [1.82, 2.24) is 9.59 Å². The number of anilines is 2. The van der Waals surface area contributed by atoms with E-state index in [0.29, 0.717) is 5.69 Å². The predicted molar refractivity (Wildman–Crippen MR) is 59.0 cm³/mol. The summed E-state index contributed by atoms with van der Waals surface area (Å²) in [6, 6.07) is 8.31. The van der Waals surface area contributed by atoms with Gasteiger partial charge in [0.05, 0.1) is 0 Å². The summed E-state index contributed by atoms with van der Waals surface area (Å²) in [7, 11) is 0. The third kappa shape index (κ3) is 2.51. The van der Waals surface area contributed by atoms with Crippen molar-refractivity contribution >= 4 is 28.3 Å². The van der Waals surface area contributed by atoms with Gasteiger partial charge in [0, 0.05) is 17.2 Å². The van der Waals surface area contributed by atoms with Crippen LogP contribution in [0.4, 0.5) is 19.9 Å². The molecule has 0 saturated carbocycles. The lowest BCUT2D eigenvalue weighted by Crippen LogP contribution is -2.19. The molecular weight excluding hydrogens is 231 g/mol. The third-order valence-corrected chi connectivity index (χ3v) is 2.32. The van der Waals surface area contributed by atoms with Gasteiger partial charge in [0.25, 0.3) is 5.95 Å². The first-order valence-electron chi connectivity index (χ1n) is 4.36. The van der Waals surface area contributed by atoms with Crippen LogP contribution in [0.15, 0.2) is 30.3 Å². The molecule has 0 saturated heterocycles. The number of hydrogen-bond acceptors (Lipinski definition) is 4. The van der Waals surface area contributed by atoms with Gasteiger partial charge in [-0.2, -0.15) is 4.39 Å². The normalized spacial score (nSPS) is 9.81. The van der Waals surface area contributed by atoms with Gasteiger partial charge in [-0.1, -0.05) is 22.7 Å². The van der Waals surface area contributed by atoms with Crippen LogP contribution < -0.4 is 10.6 Å². The van der Waals surface area contributed by atoms with Crippen LogP contribution >= 0.6 is 11.5 Å². The topological polar surface area (TPSA) is 66.9 Å². The minimum absolute atomic E-state index is 0.00608. The number of carbonyl (C=O) groups excluding carboxylic acids is 1. The third-order valence-electron chi connectivity index (χ3n) is 1.71. The maximum atomic E-state index is 12.8. The van der Waals surface area contributed by atoms with Crippen molar-refractivity contribution in [2.45, 2.75) is 0 Å². The van der Waals surface area contributed by atoms with E-state index in [1.165, 1.54) is 0 Å². The second-order valence-corrected chi connectivity index (χ2v) is 3.59. The number of nitrogens with one attached hydrogen (secondary N) is 2. The van der Waals surface area contributed by atoms with Crippen molar-refractivity contribution in [2.75, 3.05) is 10.6 Å². The molecular formula is C9H7FN4OS. The monoisotopic (exact) mass is 238 g/mol. The molecule has 0 aliphatic heterocycles. The second kappa shape index (κ2) is 4.67. The van der Waals surface area contributed by atoms with Gasteiger partial charge in [0.15, 0.2) is 5.00 Å². The SMILES string of the molecule is O=C(Nc1ccccc1)Nc1snnc1F. The van der Waals surface area contributed by atoms with Gasteiger partial charge >= 0.3 is 6.03 Å². The Morgan fingerprint density at radius 2 is 2.00 bits per heavy atom. The van der Waals surface area contributed by atoms with E-state index < -0.39 is 12.0 Å². The van der Waals surface area contributed by atoms with Crippen molar-refractivity contribution < 1.29 is 9.18 Å². The number of amides is 2. The van der Waals surface area contributed by atoms with Gasteiger partial charge in [-0.05, 0) is 12.1 Å². The smallest absolute Gasteiger partial charge is 0.308 e. The number of nitrogens with zero attached hydrogens (tertiary/aromatic N) is 2. The number of para-hydroxylation sites is 1. The molecule has 2 amide bonds. The van der Waals surface area contributed by atoms with Gasteiger partial charge in [-0.3, -0.25) is 5.32 Å². The quantitative estimate of drug-likeness (QED) is 0.843. The molecule has 0 aliphatic rings. The Bertz CT molecular complexity index is 487. The zero-order valence-corrected chi connectivity index (χ0v) is 8.79. The fraction of sp³-hybridized carbons (Fsp3) is 0. The molecule has 0 spiro atoms. The Hall–Kier alpha value is -2.02. The molecule has 2 N–H and O–H groups in total. The van der Waals surface area contributed by atoms with E-state index in [2.05, 4.69) is 20.2 Å².